The van der Waals surface area contributed by atoms with Crippen LogP contribution in [0.1, 0.15) is 6.92 Å². The Balaban J connectivity index is 2.32. The normalized spacial score (nSPS) is 11.4. The van der Waals surface area contributed by atoms with Crippen LogP contribution in [0.5, 0.6) is 0 Å². The summed E-state index contributed by atoms with van der Waals surface area (Å²) in [6, 6.07) is 0. The molecule has 96 valence electrons. The molecule has 0 aliphatic carbocycles. The Hall–Kier alpha value is -1.02. The standard InChI is InChI=1S/C7H12N5O.C2H4O2.Hg/c1-5(13-2)3-9-7-11-4-10-6(8)12-7;1-2(3)4;/h4-5H,1,3H2,2H3,(H3,8,9,10,11,12);1H3,(H,3,4);/q;;+1/p-1. The van der Waals surface area contributed by atoms with E-state index in [0.717, 1.165) is 3.93 Å². The van der Waals surface area contributed by atoms with Gasteiger partial charge in [-0.15, -0.1) is 0 Å². The van der Waals surface area contributed by atoms with Gasteiger partial charge in [-0.2, -0.15) is 0 Å². The molecule has 0 fully saturated rings. The van der Waals surface area contributed by atoms with Crippen molar-refractivity contribution in [2.45, 2.75) is 17.0 Å². The van der Waals surface area contributed by atoms with Crippen LogP contribution in [0.25, 0.3) is 0 Å². The summed E-state index contributed by atoms with van der Waals surface area (Å²) in [6.07, 6.45) is 1.33. The van der Waals surface area contributed by atoms with Crippen LogP contribution in [0.2, 0.25) is 3.93 Å². The summed E-state index contributed by atoms with van der Waals surface area (Å²) >= 11 is -1.62. The van der Waals surface area contributed by atoms with Crippen LogP contribution in [0.3, 0.4) is 0 Å². The summed E-state index contributed by atoms with van der Waals surface area (Å²) in [7, 11) is 1.62. The molecule has 0 aliphatic rings. The molecule has 3 N–H and O–H groups in total. The number of hydrogen-bond acceptors (Lipinski definition) is 8. The van der Waals surface area contributed by atoms with Crippen molar-refractivity contribution in [1.82, 2.24) is 15.0 Å². The quantitative estimate of drug-likeness (QED) is 0.562. The molecular formula is C9H15HgN5O3. The number of nitrogens with zero attached hydrogens (tertiary/aromatic N) is 3. The zero-order chi connectivity index (χ0) is 13.4. The first-order chi connectivity index (χ1) is 8.61. The van der Waals surface area contributed by atoms with E-state index in [1.54, 1.807) is 7.11 Å². The Morgan fingerprint density at radius 3 is 3.00 bits per heavy atom. The van der Waals surface area contributed by atoms with Gasteiger partial charge in [0, 0.05) is 0 Å². The molecule has 0 amide bonds. The van der Waals surface area contributed by atoms with Crippen molar-refractivity contribution in [3.05, 3.63) is 6.33 Å². The molecule has 18 heavy (non-hydrogen) atoms. The fraction of sp³-hybridized carbons (Fsp3) is 0.556. The van der Waals surface area contributed by atoms with Crippen LogP contribution in [-0.4, -0.2) is 40.7 Å². The molecule has 1 unspecified atom stereocenters. The average Bonchev–Trinajstić information content (AvgIpc) is 2.33. The molecule has 0 spiro atoms. The molecule has 1 aromatic rings. The Kier molecular flexibility index (Phi) is 6.80. The Bertz CT molecular complexity index is 392. The Morgan fingerprint density at radius 2 is 2.39 bits per heavy atom. The van der Waals surface area contributed by atoms with E-state index in [0.29, 0.717) is 12.5 Å². The van der Waals surface area contributed by atoms with Crippen LogP contribution in [-0.2, 0) is 37.2 Å². The number of carbonyl (C=O) groups excluding carboxylic acids is 1. The average molecular weight is 442 g/mol. The van der Waals surface area contributed by atoms with E-state index in [1.807, 2.05) is 0 Å². The molecule has 1 aromatic heterocycles. The van der Waals surface area contributed by atoms with Gasteiger partial charge in [0.15, 0.2) is 0 Å². The maximum absolute atomic E-state index is 10.7. The van der Waals surface area contributed by atoms with E-state index < -0.39 is 25.0 Å². The van der Waals surface area contributed by atoms with Crippen molar-refractivity contribution in [3.63, 3.8) is 0 Å². The summed E-state index contributed by atoms with van der Waals surface area (Å²) in [4.78, 5) is 22.2. The van der Waals surface area contributed by atoms with Gasteiger partial charge in [0.05, 0.1) is 0 Å². The van der Waals surface area contributed by atoms with E-state index in [-0.39, 0.29) is 18.0 Å². The topological polar surface area (TPSA) is 112 Å². The third-order valence-electron chi connectivity index (χ3n) is 2.16. The fourth-order valence-electron chi connectivity index (χ4n) is 1.24. The number of rotatable bonds is 7. The molecule has 0 saturated heterocycles. The van der Waals surface area contributed by atoms with Crippen LogP contribution >= 0.6 is 0 Å². The predicted molar refractivity (Wildman–Crippen MR) is 60.1 cm³/mol. The number of aromatic nitrogens is 3. The SMILES string of the molecule is COC(CNc1ncnc(N)n1)[CH2][Hg][O]C(C)=O. The molecule has 1 heterocycles. The monoisotopic (exact) mass is 443 g/mol. The first-order valence-corrected chi connectivity index (χ1v) is 11.6. The number of nitrogen functional groups attached to an aromatic ring is 1. The second-order valence-corrected chi connectivity index (χ2v) is 8.49. The minimum atomic E-state index is -1.62. The van der Waals surface area contributed by atoms with Gasteiger partial charge in [-0.1, -0.05) is 0 Å². The summed E-state index contributed by atoms with van der Waals surface area (Å²) in [5.41, 5.74) is 5.43. The van der Waals surface area contributed by atoms with Gasteiger partial charge in [-0.05, 0) is 0 Å². The van der Waals surface area contributed by atoms with Crippen molar-refractivity contribution in [1.29, 1.82) is 0 Å². The first-order valence-electron chi connectivity index (χ1n) is 5.46. The molecule has 0 bridgehead atoms. The minimum absolute atomic E-state index is 0.0102. The number of nitrogens with two attached hydrogens (primary N) is 1. The van der Waals surface area contributed by atoms with Crippen LogP contribution in [0.4, 0.5) is 11.9 Å². The van der Waals surface area contributed by atoms with Gasteiger partial charge in [0.2, 0.25) is 0 Å². The number of nitrogens with one attached hydrogen (secondary N) is 1. The van der Waals surface area contributed by atoms with Gasteiger partial charge in [0.1, 0.15) is 0 Å². The molecule has 1 atom stereocenters. The third-order valence-corrected chi connectivity index (χ3v) is 7.95. The first kappa shape index (κ1) is 15.0. The Morgan fingerprint density at radius 1 is 1.61 bits per heavy atom. The zero-order valence-electron chi connectivity index (χ0n) is 10.4. The van der Waals surface area contributed by atoms with E-state index in [4.69, 9.17) is 13.1 Å². The Labute approximate surface area is 118 Å². The van der Waals surface area contributed by atoms with Crippen molar-refractivity contribution < 1.29 is 37.2 Å². The second-order valence-electron chi connectivity index (χ2n) is 3.53. The van der Waals surface area contributed by atoms with E-state index >= 15 is 0 Å². The number of ether oxygens (including phenoxy) is 1. The number of carbonyl (C=O) groups is 1. The van der Waals surface area contributed by atoms with Gasteiger partial charge >= 0.3 is 118 Å². The van der Waals surface area contributed by atoms with E-state index in [2.05, 4.69) is 20.3 Å². The maximum atomic E-state index is 10.7. The molecule has 0 radical (unpaired) electrons. The summed E-state index contributed by atoms with van der Waals surface area (Å²) in [6.45, 7) is 1.97. The molecule has 0 aliphatic heterocycles. The van der Waals surface area contributed by atoms with Crippen LogP contribution in [0.15, 0.2) is 6.33 Å². The third kappa shape index (κ3) is 6.06. The van der Waals surface area contributed by atoms with Gasteiger partial charge in [-0.3, -0.25) is 0 Å². The summed E-state index contributed by atoms with van der Waals surface area (Å²) < 4.78 is 11.2. The van der Waals surface area contributed by atoms with Gasteiger partial charge in [0.25, 0.3) is 0 Å². The number of hydrogen-bond donors (Lipinski definition) is 2. The number of methoxy groups -OCH3 is 1. The fourth-order valence-corrected chi connectivity index (χ4v) is 5.54. The molecular weight excluding hydrogens is 427 g/mol. The molecule has 0 aromatic carbocycles. The van der Waals surface area contributed by atoms with Gasteiger partial charge < -0.3 is 0 Å². The summed E-state index contributed by atoms with van der Waals surface area (Å²) in [5, 5.41) is 3.00. The molecule has 1 rings (SSSR count). The molecule has 9 heteroatoms. The predicted octanol–water partition coefficient (Wildman–Crippen LogP) is -0.140. The molecule has 8 nitrogen and oxygen atoms in total. The second kappa shape index (κ2) is 8.14. The van der Waals surface area contributed by atoms with Crippen LogP contribution < -0.4 is 11.1 Å². The van der Waals surface area contributed by atoms with Crippen molar-refractivity contribution in [2.75, 3.05) is 24.7 Å². The van der Waals surface area contributed by atoms with Crippen molar-refractivity contribution in [3.8, 4) is 0 Å². The van der Waals surface area contributed by atoms with Crippen LogP contribution in [0, 0.1) is 0 Å². The summed E-state index contributed by atoms with van der Waals surface area (Å²) in [5.74, 6) is 0.375. The number of anilines is 2. The van der Waals surface area contributed by atoms with Crippen molar-refractivity contribution >= 4 is 17.9 Å². The van der Waals surface area contributed by atoms with Crippen molar-refractivity contribution in [2.24, 2.45) is 0 Å². The van der Waals surface area contributed by atoms with E-state index in [1.165, 1.54) is 13.3 Å². The van der Waals surface area contributed by atoms with Gasteiger partial charge in [-0.25, -0.2) is 0 Å². The zero-order valence-corrected chi connectivity index (χ0v) is 15.9. The van der Waals surface area contributed by atoms with E-state index in [9.17, 15) is 4.79 Å². The molecule has 0 saturated carbocycles.